The number of likely N-dealkylation sites (N-methyl/N-ethyl adjacent to an activating group) is 1. The van der Waals surface area contributed by atoms with E-state index >= 15 is 0 Å². The lowest BCUT2D eigenvalue weighted by Crippen LogP contribution is -2.39. The van der Waals surface area contributed by atoms with E-state index in [0.29, 0.717) is 16.8 Å². The van der Waals surface area contributed by atoms with E-state index in [1.165, 1.54) is 41.1 Å². The van der Waals surface area contributed by atoms with Gasteiger partial charge in [0.05, 0.1) is 34.5 Å². The molecule has 0 saturated heterocycles. The molecule has 0 unspecified atom stereocenters. The van der Waals surface area contributed by atoms with Gasteiger partial charge < -0.3 is 25.6 Å². The smallest absolute Gasteiger partial charge is 0.307 e. The van der Waals surface area contributed by atoms with E-state index < -0.39 is 17.8 Å². The molecule has 3 amide bonds. The number of fused-ring (bicyclic) bond motifs is 1. The number of amidine groups is 1. The number of nitrogens with two attached hydrogens (primary N) is 1. The van der Waals surface area contributed by atoms with Crippen molar-refractivity contribution in [1.82, 2.24) is 4.90 Å². The first kappa shape index (κ1) is 25.7. The third-order valence-electron chi connectivity index (χ3n) is 5.34. The highest BCUT2D eigenvalue weighted by molar-refractivity contribution is 6.38. The number of hydrogen-bond donors (Lipinski definition) is 3. The Hall–Kier alpha value is -3.92. The standard InChI is InChI=1S/C24H26ClN5O5/c1-13(2)35-19(32)10-11-30-12-18(31)29(3)17-9-8-16(21(25)20(17)24(30)34)28-23(33)15-6-4-14(5-7-15)22(26)27/h4-9,13H,10-12H2,1-3H3,(H3,26,27)(H,28,33). The Balaban J connectivity index is 1.88. The van der Waals surface area contributed by atoms with Gasteiger partial charge in [-0.3, -0.25) is 24.6 Å². The van der Waals surface area contributed by atoms with Gasteiger partial charge in [0, 0.05) is 24.7 Å². The van der Waals surface area contributed by atoms with E-state index in [1.807, 2.05) is 0 Å². The minimum atomic E-state index is -0.540. The maximum Gasteiger partial charge on any atom is 0.307 e. The van der Waals surface area contributed by atoms with Crippen LogP contribution < -0.4 is 16.0 Å². The minimum absolute atomic E-state index is 0.0289. The fourth-order valence-corrected chi connectivity index (χ4v) is 3.79. The third-order valence-corrected chi connectivity index (χ3v) is 5.73. The van der Waals surface area contributed by atoms with E-state index in [-0.39, 0.29) is 53.6 Å². The fraction of sp³-hybridized carbons (Fsp3) is 0.292. The number of nitrogens with one attached hydrogen (secondary N) is 2. The second kappa shape index (κ2) is 10.6. The van der Waals surface area contributed by atoms with Crippen molar-refractivity contribution in [1.29, 1.82) is 5.41 Å². The summed E-state index contributed by atoms with van der Waals surface area (Å²) in [5, 5.41) is 10.1. The van der Waals surface area contributed by atoms with Crippen LogP contribution in [0.5, 0.6) is 0 Å². The van der Waals surface area contributed by atoms with Crippen molar-refractivity contribution < 1.29 is 23.9 Å². The molecule has 3 rings (SSSR count). The predicted octanol–water partition coefficient (Wildman–Crippen LogP) is 2.64. The largest absolute Gasteiger partial charge is 0.463 e. The Morgan fingerprint density at radius 1 is 1.14 bits per heavy atom. The molecule has 0 aromatic heterocycles. The van der Waals surface area contributed by atoms with Crippen molar-refractivity contribution in [2.45, 2.75) is 26.4 Å². The molecule has 35 heavy (non-hydrogen) atoms. The van der Waals surface area contributed by atoms with Crippen LogP contribution >= 0.6 is 11.6 Å². The van der Waals surface area contributed by atoms with Crippen LogP contribution in [0.15, 0.2) is 36.4 Å². The van der Waals surface area contributed by atoms with Gasteiger partial charge in [-0.25, -0.2) is 0 Å². The Kier molecular flexibility index (Phi) is 7.75. The third kappa shape index (κ3) is 5.78. The number of amides is 3. The van der Waals surface area contributed by atoms with Gasteiger partial charge in [0.1, 0.15) is 12.4 Å². The highest BCUT2D eigenvalue weighted by Crippen LogP contribution is 2.36. The number of halogens is 1. The van der Waals surface area contributed by atoms with E-state index in [1.54, 1.807) is 26.0 Å². The number of carbonyl (C=O) groups is 4. The van der Waals surface area contributed by atoms with Crippen molar-refractivity contribution in [3.63, 3.8) is 0 Å². The number of ether oxygens (including phenoxy) is 1. The molecule has 4 N–H and O–H groups in total. The summed E-state index contributed by atoms with van der Waals surface area (Å²) in [5.74, 6) is -1.98. The van der Waals surface area contributed by atoms with E-state index in [4.69, 9.17) is 27.5 Å². The monoisotopic (exact) mass is 499 g/mol. The van der Waals surface area contributed by atoms with Crippen molar-refractivity contribution in [2.24, 2.45) is 5.73 Å². The molecule has 0 fully saturated rings. The highest BCUT2D eigenvalue weighted by atomic mass is 35.5. The Morgan fingerprint density at radius 2 is 1.77 bits per heavy atom. The summed E-state index contributed by atoms with van der Waals surface area (Å²) in [4.78, 5) is 53.3. The van der Waals surface area contributed by atoms with Crippen molar-refractivity contribution in [3.8, 4) is 0 Å². The predicted molar refractivity (Wildman–Crippen MR) is 132 cm³/mol. The van der Waals surface area contributed by atoms with Crippen LogP contribution in [0.4, 0.5) is 11.4 Å². The van der Waals surface area contributed by atoms with Gasteiger partial charge in [-0.1, -0.05) is 23.7 Å². The maximum atomic E-state index is 13.4. The first-order valence-corrected chi connectivity index (χ1v) is 11.2. The van der Waals surface area contributed by atoms with Gasteiger partial charge in [-0.05, 0) is 38.1 Å². The normalized spacial score (nSPS) is 13.4. The van der Waals surface area contributed by atoms with E-state index in [9.17, 15) is 19.2 Å². The number of anilines is 2. The average molecular weight is 500 g/mol. The molecule has 1 heterocycles. The first-order valence-electron chi connectivity index (χ1n) is 10.8. The Morgan fingerprint density at radius 3 is 2.37 bits per heavy atom. The number of hydrogen-bond acceptors (Lipinski definition) is 6. The second-order valence-corrected chi connectivity index (χ2v) is 8.61. The SMILES string of the molecule is CC(C)OC(=O)CCN1CC(=O)N(C)c2ccc(NC(=O)c3ccc(C(=N)N)cc3)c(Cl)c2C1=O. The molecule has 0 spiro atoms. The molecule has 11 heteroatoms. The lowest BCUT2D eigenvalue weighted by Gasteiger charge is -2.20. The lowest BCUT2D eigenvalue weighted by atomic mass is 10.1. The lowest BCUT2D eigenvalue weighted by molar-refractivity contribution is -0.147. The molecule has 0 radical (unpaired) electrons. The summed E-state index contributed by atoms with van der Waals surface area (Å²) in [6.07, 6.45) is -0.379. The fourth-order valence-electron chi connectivity index (χ4n) is 3.50. The number of nitrogen functional groups attached to an aromatic ring is 1. The summed E-state index contributed by atoms with van der Waals surface area (Å²) in [6.45, 7) is 3.17. The molecule has 0 saturated carbocycles. The molecular formula is C24H26ClN5O5. The zero-order chi connectivity index (χ0) is 25.9. The minimum Gasteiger partial charge on any atom is -0.463 e. The molecule has 10 nitrogen and oxygen atoms in total. The number of benzene rings is 2. The molecule has 1 aliphatic rings. The van der Waals surface area contributed by atoms with Crippen molar-refractivity contribution in [2.75, 3.05) is 30.4 Å². The molecule has 184 valence electrons. The van der Waals surface area contributed by atoms with Crippen LogP contribution in [-0.2, 0) is 14.3 Å². The second-order valence-electron chi connectivity index (χ2n) is 8.23. The maximum absolute atomic E-state index is 13.4. The van der Waals surface area contributed by atoms with Gasteiger partial charge in [-0.2, -0.15) is 0 Å². The first-order chi connectivity index (χ1) is 16.5. The van der Waals surface area contributed by atoms with Crippen molar-refractivity contribution in [3.05, 3.63) is 58.1 Å². The van der Waals surface area contributed by atoms with Crippen LogP contribution in [-0.4, -0.2) is 60.7 Å². The van der Waals surface area contributed by atoms with Crippen LogP contribution in [0, 0.1) is 5.41 Å². The average Bonchev–Trinajstić information content (AvgIpc) is 2.89. The molecule has 2 aromatic rings. The molecular weight excluding hydrogens is 474 g/mol. The molecule has 0 atom stereocenters. The Labute approximate surface area is 207 Å². The highest BCUT2D eigenvalue weighted by Gasteiger charge is 2.33. The van der Waals surface area contributed by atoms with Gasteiger partial charge in [0.2, 0.25) is 5.91 Å². The van der Waals surface area contributed by atoms with Crippen LogP contribution in [0.2, 0.25) is 5.02 Å². The number of carbonyl (C=O) groups excluding carboxylic acids is 4. The molecule has 2 aromatic carbocycles. The number of esters is 1. The van der Waals surface area contributed by atoms with Gasteiger partial charge in [0.15, 0.2) is 0 Å². The molecule has 0 aliphatic carbocycles. The van der Waals surface area contributed by atoms with E-state index in [2.05, 4.69) is 5.32 Å². The van der Waals surface area contributed by atoms with Crippen LogP contribution in [0.1, 0.15) is 46.5 Å². The van der Waals surface area contributed by atoms with Crippen molar-refractivity contribution >= 4 is 52.5 Å². The van der Waals surface area contributed by atoms with Crippen LogP contribution in [0.3, 0.4) is 0 Å². The van der Waals surface area contributed by atoms with Gasteiger partial charge >= 0.3 is 5.97 Å². The topological polar surface area (TPSA) is 146 Å². The van der Waals surface area contributed by atoms with E-state index in [0.717, 1.165) is 0 Å². The molecule has 0 bridgehead atoms. The summed E-state index contributed by atoms with van der Waals surface area (Å²) in [5.41, 5.74) is 6.73. The summed E-state index contributed by atoms with van der Waals surface area (Å²) >= 11 is 6.57. The van der Waals surface area contributed by atoms with Crippen LogP contribution in [0.25, 0.3) is 0 Å². The van der Waals surface area contributed by atoms with Gasteiger partial charge in [-0.15, -0.1) is 0 Å². The zero-order valence-electron chi connectivity index (χ0n) is 19.6. The van der Waals surface area contributed by atoms with Gasteiger partial charge in [0.25, 0.3) is 11.8 Å². The summed E-state index contributed by atoms with van der Waals surface area (Å²) in [7, 11) is 1.52. The number of rotatable bonds is 7. The molecule has 1 aliphatic heterocycles. The Bertz CT molecular complexity index is 1200. The zero-order valence-corrected chi connectivity index (χ0v) is 20.3. The quantitative estimate of drug-likeness (QED) is 0.303. The summed E-state index contributed by atoms with van der Waals surface area (Å²) < 4.78 is 5.11. The number of nitrogens with zero attached hydrogens (tertiary/aromatic N) is 2. The summed E-state index contributed by atoms with van der Waals surface area (Å²) in [6, 6.07) is 9.15.